The number of carbonyl (C=O) groups excluding carboxylic acids is 1. The van der Waals surface area contributed by atoms with E-state index in [1.165, 1.54) is 38.5 Å². The highest BCUT2D eigenvalue weighted by molar-refractivity contribution is 5.75. The van der Waals surface area contributed by atoms with Gasteiger partial charge in [-0.05, 0) is 31.6 Å². The first-order valence-electron chi connectivity index (χ1n) is 7.08. The van der Waals surface area contributed by atoms with Crippen LogP contribution in [0.5, 0.6) is 0 Å². The van der Waals surface area contributed by atoms with E-state index in [0.717, 1.165) is 25.9 Å². The minimum absolute atomic E-state index is 0.0844. The Hall–Kier alpha value is -0.990. The van der Waals surface area contributed by atoms with E-state index in [2.05, 4.69) is 11.4 Å². The fraction of sp³-hybridized carbons (Fsp3) is 0.786. The highest BCUT2D eigenvalue weighted by Crippen LogP contribution is 2.25. The van der Waals surface area contributed by atoms with E-state index >= 15 is 0 Å². The molecule has 0 bridgehead atoms. The third-order valence-corrected chi connectivity index (χ3v) is 3.87. The van der Waals surface area contributed by atoms with Crippen molar-refractivity contribution in [2.75, 3.05) is 13.1 Å². The van der Waals surface area contributed by atoms with Gasteiger partial charge in [-0.25, -0.2) is 4.79 Å². The van der Waals surface area contributed by atoms with Gasteiger partial charge in [0.2, 0.25) is 0 Å². The van der Waals surface area contributed by atoms with Gasteiger partial charge in [-0.3, -0.25) is 0 Å². The van der Waals surface area contributed by atoms with Gasteiger partial charge in [-0.15, -0.1) is 0 Å². The van der Waals surface area contributed by atoms with Crippen LogP contribution in [0.4, 0.5) is 4.79 Å². The molecule has 3 heteroatoms. The van der Waals surface area contributed by atoms with E-state index in [0.29, 0.717) is 5.92 Å². The number of nitrogens with zero attached hydrogens (tertiary/aromatic N) is 1. The van der Waals surface area contributed by atoms with Crippen LogP contribution < -0.4 is 5.32 Å². The molecule has 0 spiro atoms. The highest BCUT2D eigenvalue weighted by Gasteiger charge is 2.14. The molecule has 2 amide bonds. The molecule has 2 aliphatic rings. The summed E-state index contributed by atoms with van der Waals surface area (Å²) in [4.78, 5) is 13.8. The zero-order chi connectivity index (χ0) is 11.9. The lowest BCUT2D eigenvalue weighted by Gasteiger charge is -2.19. The Balaban J connectivity index is 1.71. The monoisotopic (exact) mass is 236 g/mol. The van der Waals surface area contributed by atoms with Crippen LogP contribution in [0.1, 0.15) is 51.4 Å². The molecular weight excluding hydrogens is 212 g/mol. The molecule has 0 aromatic heterocycles. The molecule has 0 aromatic rings. The number of amides is 2. The molecule has 0 aromatic carbocycles. The lowest BCUT2D eigenvalue weighted by atomic mass is 10.1. The summed E-state index contributed by atoms with van der Waals surface area (Å²) in [5.74, 6) is 0.694. The molecule has 1 aliphatic carbocycles. The van der Waals surface area contributed by atoms with E-state index in [1.54, 1.807) is 0 Å². The predicted octanol–water partition coefficient (Wildman–Crippen LogP) is 3.28. The lowest BCUT2D eigenvalue weighted by molar-refractivity contribution is 0.203. The topological polar surface area (TPSA) is 32.3 Å². The Kier molecular flexibility index (Phi) is 4.89. The second-order valence-corrected chi connectivity index (χ2v) is 5.25. The molecule has 96 valence electrons. The molecule has 1 saturated carbocycles. The van der Waals surface area contributed by atoms with Crippen molar-refractivity contribution in [2.45, 2.75) is 51.4 Å². The van der Waals surface area contributed by atoms with Crippen molar-refractivity contribution in [3.05, 3.63) is 12.3 Å². The average Bonchev–Trinajstić information content (AvgIpc) is 2.69. The van der Waals surface area contributed by atoms with Gasteiger partial charge >= 0.3 is 6.03 Å². The zero-order valence-electron chi connectivity index (χ0n) is 10.7. The standard InChI is InChI=1S/C14H24N2O/c17-14(16-11-5-1-2-6-12-16)15-10-9-13-7-3-4-8-13/h9-10,13H,1-8,11-12H2,(H,15,17)/b10-9+. The van der Waals surface area contributed by atoms with Gasteiger partial charge in [0.05, 0.1) is 0 Å². The van der Waals surface area contributed by atoms with E-state index in [-0.39, 0.29) is 6.03 Å². The van der Waals surface area contributed by atoms with Crippen molar-refractivity contribution in [1.29, 1.82) is 0 Å². The van der Waals surface area contributed by atoms with Crippen LogP contribution in [0.2, 0.25) is 0 Å². The maximum absolute atomic E-state index is 11.9. The smallest absolute Gasteiger partial charge is 0.321 e. The maximum atomic E-state index is 11.9. The van der Waals surface area contributed by atoms with Gasteiger partial charge in [0.15, 0.2) is 0 Å². The number of allylic oxidation sites excluding steroid dienone is 1. The van der Waals surface area contributed by atoms with Gasteiger partial charge in [0, 0.05) is 19.3 Å². The number of hydrogen-bond acceptors (Lipinski definition) is 1. The average molecular weight is 236 g/mol. The molecule has 1 N–H and O–H groups in total. The third-order valence-electron chi connectivity index (χ3n) is 3.87. The molecule has 17 heavy (non-hydrogen) atoms. The minimum Gasteiger partial charge on any atom is -0.325 e. The fourth-order valence-corrected chi connectivity index (χ4v) is 2.77. The van der Waals surface area contributed by atoms with Crippen molar-refractivity contribution < 1.29 is 4.79 Å². The summed E-state index contributed by atoms with van der Waals surface area (Å²) in [6.45, 7) is 1.84. The summed E-state index contributed by atoms with van der Waals surface area (Å²) >= 11 is 0. The molecule has 3 nitrogen and oxygen atoms in total. The first kappa shape index (κ1) is 12.5. The number of nitrogens with one attached hydrogen (secondary N) is 1. The number of rotatable bonds is 2. The molecule has 1 aliphatic heterocycles. The summed E-state index contributed by atoms with van der Waals surface area (Å²) in [6, 6.07) is 0.0844. The van der Waals surface area contributed by atoms with Crippen molar-refractivity contribution in [1.82, 2.24) is 10.2 Å². The Morgan fingerprint density at radius 1 is 1.00 bits per heavy atom. The van der Waals surface area contributed by atoms with Crippen LogP contribution in [0.25, 0.3) is 0 Å². The number of hydrogen-bond donors (Lipinski definition) is 1. The summed E-state index contributed by atoms with van der Waals surface area (Å²) < 4.78 is 0. The Morgan fingerprint density at radius 3 is 2.29 bits per heavy atom. The predicted molar refractivity (Wildman–Crippen MR) is 69.7 cm³/mol. The second kappa shape index (κ2) is 6.67. The summed E-state index contributed by atoms with van der Waals surface area (Å²) in [7, 11) is 0. The Morgan fingerprint density at radius 2 is 1.65 bits per heavy atom. The van der Waals surface area contributed by atoms with Gasteiger partial charge in [-0.2, -0.15) is 0 Å². The van der Waals surface area contributed by atoms with Crippen LogP contribution in [0, 0.1) is 5.92 Å². The lowest BCUT2D eigenvalue weighted by Crippen LogP contribution is -2.38. The van der Waals surface area contributed by atoms with Crippen LogP contribution in [0.3, 0.4) is 0 Å². The van der Waals surface area contributed by atoms with Gasteiger partial charge in [0.25, 0.3) is 0 Å². The second-order valence-electron chi connectivity index (χ2n) is 5.25. The van der Waals surface area contributed by atoms with Gasteiger partial charge in [0.1, 0.15) is 0 Å². The minimum atomic E-state index is 0.0844. The van der Waals surface area contributed by atoms with E-state index in [1.807, 2.05) is 11.1 Å². The van der Waals surface area contributed by atoms with Crippen molar-refractivity contribution in [3.8, 4) is 0 Å². The van der Waals surface area contributed by atoms with E-state index < -0.39 is 0 Å². The van der Waals surface area contributed by atoms with Crippen molar-refractivity contribution in [2.24, 2.45) is 5.92 Å². The molecule has 2 rings (SSSR count). The Bertz CT molecular complexity index is 261. The molecule has 0 radical (unpaired) electrons. The first-order valence-corrected chi connectivity index (χ1v) is 7.08. The summed E-state index contributed by atoms with van der Waals surface area (Å²) in [5.41, 5.74) is 0. The highest BCUT2D eigenvalue weighted by atomic mass is 16.2. The Labute approximate surface area is 104 Å². The molecular formula is C14H24N2O. The molecule has 1 saturated heterocycles. The van der Waals surface area contributed by atoms with Gasteiger partial charge < -0.3 is 10.2 Å². The van der Waals surface area contributed by atoms with Gasteiger partial charge in [-0.1, -0.05) is 31.8 Å². The maximum Gasteiger partial charge on any atom is 0.321 e. The summed E-state index contributed by atoms with van der Waals surface area (Å²) in [6.07, 6.45) is 14.1. The third kappa shape index (κ3) is 4.06. The van der Waals surface area contributed by atoms with Crippen molar-refractivity contribution in [3.63, 3.8) is 0 Å². The molecule has 1 heterocycles. The van der Waals surface area contributed by atoms with Crippen LogP contribution >= 0.6 is 0 Å². The number of carbonyl (C=O) groups is 1. The summed E-state index contributed by atoms with van der Waals surface area (Å²) in [5, 5.41) is 2.91. The molecule has 0 unspecified atom stereocenters. The molecule has 2 fully saturated rings. The first-order chi connectivity index (χ1) is 8.36. The molecule has 0 atom stereocenters. The van der Waals surface area contributed by atoms with Crippen molar-refractivity contribution >= 4 is 6.03 Å². The van der Waals surface area contributed by atoms with E-state index in [4.69, 9.17) is 0 Å². The normalized spacial score (nSPS) is 22.9. The van der Waals surface area contributed by atoms with Crippen LogP contribution in [-0.2, 0) is 0 Å². The fourth-order valence-electron chi connectivity index (χ4n) is 2.77. The SMILES string of the molecule is O=C(N/C=C/C1CCCC1)N1CCCCCC1. The largest absolute Gasteiger partial charge is 0.325 e. The number of urea groups is 1. The van der Waals surface area contributed by atoms with Crippen LogP contribution in [-0.4, -0.2) is 24.0 Å². The number of likely N-dealkylation sites (tertiary alicyclic amines) is 1. The zero-order valence-corrected chi connectivity index (χ0v) is 10.7. The van der Waals surface area contributed by atoms with E-state index in [9.17, 15) is 4.79 Å². The quantitative estimate of drug-likeness (QED) is 0.784. The van der Waals surface area contributed by atoms with Crippen LogP contribution in [0.15, 0.2) is 12.3 Å².